The Hall–Kier alpha value is -2.69. The number of aromatic nitrogens is 1. The molecule has 5 nitrogen and oxygen atoms in total. The number of anilines is 1. The van der Waals surface area contributed by atoms with Crippen LogP contribution >= 0.6 is 0 Å². The van der Waals surface area contributed by atoms with E-state index in [2.05, 4.69) is 24.1 Å². The van der Waals surface area contributed by atoms with E-state index in [4.69, 9.17) is 0 Å². The summed E-state index contributed by atoms with van der Waals surface area (Å²) in [5.41, 5.74) is 3.62. The van der Waals surface area contributed by atoms with E-state index in [0.717, 1.165) is 28.8 Å². The molecule has 0 saturated carbocycles. The third kappa shape index (κ3) is 2.69. The van der Waals surface area contributed by atoms with Crippen LogP contribution in [0.15, 0.2) is 42.7 Å². The Bertz CT molecular complexity index is 845. The Morgan fingerprint density at radius 2 is 2.12 bits per heavy atom. The molecule has 0 spiro atoms. The molecule has 0 bridgehead atoms. The van der Waals surface area contributed by atoms with Crippen LogP contribution in [-0.2, 0) is 6.42 Å². The van der Waals surface area contributed by atoms with Crippen molar-refractivity contribution in [3.05, 3.63) is 59.4 Å². The highest BCUT2D eigenvalue weighted by Gasteiger charge is 2.49. The molecule has 2 amide bonds. The molecule has 1 aliphatic heterocycles. The summed E-state index contributed by atoms with van der Waals surface area (Å²) in [6, 6.07) is 9.36. The van der Waals surface area contributed by atoms with Crippen LogP contribution in [0.25, 0.3) is 0 Å². The standard InChI is InChI=1S/C20H21N3O2/c1-20(2)12-23(18(20)14-4-3-9-21-11-14)19(25)22-15-6-7-16-13(10-15)5-8-17(16)24/h3-4,6-7,9-11,18H,5,8,12H2,1-2H3,(H,22,25)/t18-/m0/s1. The number of carbonyl (C=O) groups excluding carboxylic acids is 2. The Kier molecular flexibility index (Phi) is 3.60. The molecule has 5 heteroatoms. The van der Waals surface area contributed by atoms with Crippen molar-refractivity contribution in [1.29, 1.82) is 0 Å². The largest absolute Gasteiger partial charge is 0.322 e. The van der Waals surface area contributed by atoms with Crippen molar-refractivity contribution in [2.75, 3.05) is 11.9 Å². The predicted molar refractivity (Wildman–Crippen MR) is 95.6 cm³/mol. The first-order valence-electron chi connectivity index (χ1n) is 8.59. The van der Waals surface area contributed by atoms with Crippen LogP contribution < -0.4 is 5.32 Å². The van der Waals surface area contributed by atoms with E-state index >= 15 is 0 Å². The molecule has 2 aliphatic rings. The number of likely N-dealkylation sites (tertiary alicyclic amines) is 1. The minimum Gasteiger partial charge on any atom is -0.316 e. The Morgan fingerprint density at radius 1 is 1.28 bits per heavy atom. The van der Waals surface area contributed by atoms with Gasteiger partial charge in [0.15, 0.2) is 5.78 Å². The number of ketones is 1. The minimum absolute atomic E-state index is 0.0113. The number of urea groups is 1. The number of rotatable bonds is 2. The fourth-order valence-electron chi connectivity index (χ4n) is 4.01. The second-order valence-electron chi connectivity index (χ2n) is 7.53. The maximum absolute atomic E-state index is 12.8. The van der Waals surface area contributed by atoms with Gasteiger partial charge in [-0.25, -0.2) is 4.79 Å². The van der Waals surface area contributed by atoms with Crippen LogP contribution in [0.1, 0.15) is 47.8 Å². The van der Waals surface area contributed by atoms with Gasteiger partial charge in [-0.1, -0.05) is 19.9 Å². The summed E-state index contributed by atoms with van der Waals surface area (Å²) in [5.74, 6) is 0.189. The molecule has 1 fully saturated rings. The molecule has 2 aromatic rings. The highest BCUT2D eigenvalue weighted by molar-refractivity contribution is 6.01. The van der Waals surface area contributed by atoms with Gasteiger partial charge in [0.25, 0.3) is 0 Å². The zero-order chi connectivity index (χ0) is 17.6. The third-order valence-corrected chi connectivity index (χ3v) is 5.17. The Balaban J connectivity index is 1.53. The van der Waals surface area contributed by atoms with E-state index in [1.165, 1.54) is 0 Å². The maximum atomic E-state index is 12.8. The van der Waals surface area contributed by atoms with Crippen LogP contribution in [0.4, 0.5) is 10.5 Å². The first kappa shape index (κ1) is 15.8. The molecule has 0 radical (unpaired) electrons. The zero-order valence-corrected chi connectivity index (χ0v) is 14.5. The van der Waals surface area contributed by atoms with Gasteiger partial charge in [-0.2, -0.15) is 0 Å². The summed E-state index contributed by atoms with van der Waals surface area (Å²) >= 11 is 0. The first-order valence-corrected chi connectivity index (χ1v) is 8.59. The second-order valence-corrected chi connectivity index (χ2v) is 7.53. The fourth-order valence-corrected chi connectivity index (χ4v) is 4.01. The number of hydrogen-bond donors (Lipinski definition) is 1. The monoisotopic (exact) mass is 335 g/mol. The molecule has 1 aromatic heterocycles. The van der Waals surface area contributed by atoms with Crippen molar-refractivity contribution in [1.82, 2.24) is 9.88 Å². The van der Waals surface area contributed by atoms with Crippen LogP contribution in [0, 0.1) is 5.41 Å². The lowest BCUT2D eigenvalue weighted by Gasteiger charge is -2.54. The van der Waals surface area contributed by atoms with Crippen molar-refractivity contribution in [2.24, 2.45) is 5.41 Å². The van der Waals surface area contributed by atoms with Gasteiger partial charge in [-0.05, 0) is 41.8 Å². The highest BCUT2D eigenvalue weighted by Crippen LogP contribution is 2.48. The lowest BCUT2D eigenvalue weighted by atomic mass is 9.72. The van der Waals surface area contributed by atoms with Crippen LogP contribution in [-0.4, -0.2) is 28.2 Å². The molecule has 25 heavy (non-hydrogen) atoms. The van der Waals surface area contributed by atoms with E-state index in [9.17, 15) is 9.59 Å². The van der Waals surface area contributed by atoms with Crippen molar-refractivity contribution in [3.63, 3.8) is 0 Å². The second kappa shape index (κ2) is 5.69. The number of aryl methyl sites for hydroxylation is 1. The molecule has 2 heterocycles. The SMILES string of the molecule is CC1(C)CN(C(=O)Nc2ccc3c(c2)CCC3=O)[C@H]1c1cccnc1. The fraction of sp³-hybridized carbons (Fsp3) is 0.350. The molecular weight excluding hydrogens is 314 g/mol. The molecule has 0 unspecified atom stereocenters. The van der Waals surface area contributed by atoms with Crippen LogP contribution in [0.5, 0.6) is 0 Å². The zero-order valence-electron chi connectivity index (χ0n) is 14.5. The first-order chi connectivity index (χ1) is 12.0. The number of pyridine rings is 1. The summed E-state index contributed by atoms with van der Waals surface area (Å²) in [4.78, 5) is 30.5. The summed E-state index contributed by atoms with van der Waals surface area (Å²) < 4.78 is 0. The van der Waals surface area contributed by atoms with Gasteiger partial charge in [0.05, 0.1) is 6.04 Å². The van der Waals surface area contributed by atoms with Gasteiger partial charge in [0, 0.05) is 42.0 Å². The normalized spacial score (nSPS) is 20.8. The molecule has 1 N–H and O–H groups in total. The van der Waals surface area contributed by atoms with E-state index in [1.54, 1.807) is 6.20 Å². The molecule has 128 valence electrons. The molecule has 1 aromatic carbocycles. The number of Topliss-reactive ketones (excluding diaryl/α,β-unsaturated/α-hetero) is 1. The van der Waals surface area contributed by atoms with Crippen LogP contribution in [0.3, 0.4) is 0 Å². The summed E-state index contributed by atoms with van der Waals surface area (Å²) in [6.07, 6.45) is 4.89. The number of carbonyl (C=O) groups is 2. The average molecular weight is 335 g/mol. The number of amides is 2. The molecule has 1 aliphatic carbocycles. The Labute approximate surface area is 147 Å². The highest BCUT2D eigenvalue weighted by atomic mass is 16.2. The molecule has 1 atom stereocenters. The number of hydrogen-bond acceptors (Lipinski definition) is 3. The summed E-state index contributed by atoms with van der Waals surface area (Å²) in [7, 11) is 0. The molecule has 1 saturated heterocycles. The topological polar surface area (TPSA) is 62.3 Å². The number of nitrogens with zero attached hydrogens (tertiary/aromatic N) is 2. The summed E-state index contributed by atoms with van der Waals surface area (Å²) in [5, 5.41) is 2.98. The van der Waals surface area contributed by atoms with Crippen molar-refractivity contribution in [3.8, 4) is 0 Å². The molecule has 4 rings (SSSR count). The van der Waals surface area contributed by atoms with E-state index < -0.39 is 0 Å². The van der Waals surface area contributed by atoms with Gasteiger partial charge in [-0.3, -0.25) is 9.78 Å². The number of benzene rings is 1. The van der Waals surface area contributed by atoms with Gasteiger partial charge < -0.3 is 10.2 Å². The predicted octanol–water partition coefficient (Wildman–Crippen LogP) is 3.83. The number of nitrogens with one attached hydrogen (secondary N) is 1. The lowest BCUT2D eigenvalue weighted by molar-refractivity contribution is -0.0117. The van der Waals surface area contributed by atoms with E-state index in [1.807, 2.05) is 41.4 Å². The van der Waals surface area contributed by atoms with Gasteiger partial charge in [0.1, 0.15) is 0 Å². The lowest BCUT2D eigenvalue weighted by Crippen LogP contribution is -2.59. The maximum Gasteiger partial charge on any atom is 0.322 e. The van der Waals surface area contributed by atoms with Gasteiger partial charge in [-0.15, -0.1) is 0 Å². The summed E-state index contributed by atoms with van der Waals surface area (Å²) in [6.45, 7) is 5.02. The third-order valence-electron chi connectivity index (χ3n) is 5.17. The van der Waals surface area contributed by atoms with Gasteiger partial charge >= 0.3 is 6.03 Å². The van der Waals surface area contributed by atoms with Crippen molar-refractivity contribution < 1.29 is 9.59 Å². The van der Waals surface area contributed by atoms with E-state index in [0.29, 0.717) is 13.0 Å². The van der Waals surface area contributed by atoms with Gasteiger partial charge in [0.2, 0.25) is 0 Å². The van der Waals surface area contributed by atoms with Crippen molar-refractivity contribution in [2.45, 2.75) is 32.7 Å². The van der Waals surface area contributed by atoms with Crippen LogP contribution in [0.2, 0.25) is 0 Å². The number of fused-ring (bicyclic) bond motifs is 1. The quantitative estimate of drug-likeness (QED) is 0.907. The Morgan fingerprint density at radius 3 is 2.84 bits per heavy atom. The van der Waals surface area contributed by atoms with Crippen molar-refractivity contribution >= 4 is 17.5 Å². The molecular formula is C20H21N3O2. The smallest absolute Gasteiger partial charge is 0.316 e. The minimum atomic E-state index is -0.113. The van der Waals surface area contributed by atoms with E-state index in [-0.39, 0.29) is 23.3 Å². The average Bonchev–Trinajstić information content (AvgIpc) is 2.94.